The van der Waals surface area contributed by atoms with Gasteiger partial charge in [-0.3, -0.25) is 0 Å². The smallest absolute Gasteiger partial charge is 0.215 e. The molecule has 0 fully saturated rings. The Bertz CT molecular complexity index is 762. The van der Waals surface area contributed by atoms with Crippen molar-refractivity contribution in [2.45, 2.75) is 5.75 Å². The Labute approximate surface area is 145 Å². The molecule has 0 amide bonds. The average molecular weight is 375 g/mol. The first-order chi connectivity index (χ1) is 10.9. The van der Waals surface area contributed by atoms with E-state index >= 15 is 0 Å². The number of hydrogen-bond acceptors (Lipinski definition) is 4. The van der Waals surface area contributed by atoms with Gasteiger partial charge in [-0.05, 0) is 29.8 Å². The number of halogens is 2. The lowest BCUT2D eigenvalue weighted by Crippen LogP contribution is -2.27. The van der Waals surface area contributed by atoms with E-state index in [1.807, 2.05) is 0 Å². The quantitative estimate of drug-likeness (QED) is 0.695. The molecule has 0 bridgehead atoms. The van der Waals surface area contributed by atoms with E-state index in [2.05, 4.69) is 10.0 Å². The van der Waals surface area contributed by atoms with Crippen LogP contribution in [0.2, 0.25) is 10.0 Å². The van der Waals surface area contributed by atoms with Crippen LogP contribution in [0, 0.1) is 0 Å². The first-order valence-electron chi connectivity index (χ1n) is 6.79. The number of anilines is 2. The predicted molar refractivity (Wildman–Crippen MR) is 93.9 cm³/mol. The van der Waals surface area contributed by atoms with Crippen LogP contribution in [-0.4, -0.2) is 26.7 Å². The summed E-state index contributed by atoms with van der Waals surface area (Å²) in [5, 5.41) is 12.7. The van der Waals surface area contributed by atoms with Crippen LogP contribution in [0.15, 0.2) is 42.5 Å². The normalized spacial score (nSPS) is 11.4. The van der Waals surface area contributed by atoms with E-state index in [0.29, 0.717) is 27.0 Å². The van der Waals surface area contributed by atoms with E-state index in [-0.39, 0.29) is 18.9 Å². The summed E-state index contributed by atoms with van der Waals surface area (Å²) < 4.78 is 26.0. The molecule has 0 heterocycles. The lowest BCUT2D eigenvalue weighted by atomic mass is 10.2. The number of nitrogens with one attached hydrogen (secondary N) is 2. The minimum Gasteiger partial charge on any atom is -0.395 e. The van der Waals surface area contributed by atoms with Crippen LogP contribution in [0.3, 0.4) is 0 Å². The number of rotatable bonds is 7. The number of aliphatic hydroxyl groups is 1. The van der Waals surface area contributed by atoms with Gasteiger partial charge in [-0.25, -0.2) is 13.1 Å². The summed E-state index contributed by atoms with van der Waals surface area (Å²) in [6, 6.07) is 12.1. The number of hydrogen-bond donors (Lipinski definition) is 3. The van der Waals surface area contributed by atoms with Gasteiger partial charge in [0.25, 0.3) is 0 Å². The van der Waals surface area contributed by atoms with Crippen LogP contribution in [0.1, 0.15) is 5.56 Å². The van der Waals surface area contributed by atoms with Gasteiger partial charge in [0, 0.05) is 12.2 Å². The molecule has 0 aliphatic rings. The maximum absolute atomic E-state index is 11.9. The second-order valence-corrected chi connectivity index (χ2v) is 7.42. The molecule has 5 nitrogen and oxygen atoms in total. The Morgan fingerprint density at radius 1 is 1.04 bits per heavy atom. The van der Waals surface area contributed by atoms with Crippen LogP contribution in [0.4, 0.5) is 11.4 Å². The van der Waals surface area contributed by atoms with E-state index in [1.165, 1.54) is 0 Å². The third-order valence-corrected chi connectivity index (χ3v) is 4.94. The van der Waals surface area contributed by atoms with Gasteiger partial charge < -0.3 is 10.4 Å². The molecule has 0 saturated carbocycles. The largest absolute Gasteiger partial charge is 0.395 e. The van der Waals surface area contributed by atoms with Gasteiger partial charge in [0.05, 0.1) is 28.1 Å². The van der Waals surface area contributed by atoms with Crippen molar-refractivity contribution in [3.8, 4) is 0 Å². The van der Waals surface area contributed by atoms with Crippen LogP contribution in [0.25, 0.3) is 0 Å². The van der Waals surface area contributed by atoms with E-state index in [0.717, 1.165) is 0 Å². The van der Waals surface area contributed by atoms with Gasteiger partial charge in [0.1, 0.15) is 0 Å². The number of para-hydroxylation sites is 1. The third kappa shape index (κ3) is 5.37. The molecule has 0 atom stereocenters. The lowest BCUT2D eigenvalue weighted by Gasteiger charge is -2.12. The summed E-state index contributed by atoms with van der Waals surface area (Å²) >= 11 is 12.2. The van der Waals surface area contributed by atoms with E-state index < -0.39 is 10.0 Å². The van der Waals surface area contributed by atoms with Gasteiger partial charge >= 0.3 is 0 Å². The molecular formula is C15H16Cl2N2O3S. The van der Waals surface area contributed by atoms with Crippen LogP contribution < -0.4 is 10.0 Å². The molecule has 0 aromatic heterocycles. The molecule has 124 valence electrons. The Morgan fingerprint density at radius 2 is 1.70 bits per heavy atom. The molecule has 0 aliphatic carbocycles. The highest BCUT2D eigenvalue weighted by Gasteiger charge is 2.12. The van der Waals surface area contributed by atoms with Gasteiger partial charge in [0.2, 0.25) is 10.0 Å². The molecule has 0 saturated heterocycles. The van der Waals surface area contributed by atoms with Crippen molar-refractivity contribution in [1.82, 2.24) is 4.72 Å². The Balaban J connectivity index is 2.17. The van der Waals surface area contributed by atoms with Crippen molar-refractivity contribution in [3.05, 3.63) is 58.1 Å². The fourth-order valence-corrected chi connectivity index (χ4v) is 3.59. The molecule has 0 radical (unpaired) electrons. The van der Waals surface area contributed by atoms with Crippen molar-refractivity contribution in [2.75, 3.05) is 18.5 Å². The SMILES string of the molecule is O=S(=O)(Cc1cccc(Nc2c(Cl)cccc2Cl)c1)NCCO. The Kier molecular flexibility index (Phi) is 6.26. The van der Waals surface area contributed by atoms with Crippen molar-refractivity contribution < 1.29 is 13.5 Å². The molecule has 0 aliphatic heterocycles. The summed E-state index contributed by atoms with van der Waals surface area (Å²) in [6.45, 7) is -0.249. The highest BCUT2D eigenvalue weighted by molar-refractivity contribution is 7.88. The van der Waals surface area contributed by atoms with Crippen LogP contribution in [-0.2, 0) is 15.8 Å². The fraction of sp³-hybridized carbons (Fsp3) is 0.200. The zero-order chi connectivity index (χ0) is 16.9. The Morgan fingerprint density at radius 3 is 2.35 bits per heavy atom. The molecule has 2 aromatic rings. The maximum Gasteiger partial charge on any atom is 0.215 e. The summed E-state index contributed by atoms with van der Waals surface area (Å²) in [6.07, 6.45) is 0. The summed E-state index contributed by atoms with van der Waals surface area (Å²) in [5.41, 5.74) is 1.84. The van der Waals surface area contributed by atoms with E-state index in [4.69, 9.17) is 28.3 Å². The third-order valence-electron chi connectivity index (χ3n) is 2.95. The minimum absolute atomic E-state index is 0.00446. The van der Waals surface area contributed by atoms with Crippen molar-refractivity contribution >= 4 is 44.6 Å². The summed E-state index contributed by atoms with van der Waals surface area (Å²) in [7, 11) is -3.49. The van der Waals surface area contributed by atoms with Gasteiger partial charge in [-0.2, -0.15) is 0 Å². The molecule has 2 aromatic carbocycles. The second-order valence-electron chi connectivity index (χ2n) is 4.80. The van der Waals surface area contributed by atoms with E-state index in [1.54, 1.807) is 42.5 Å². The van der Waals surface area contributed by atoms with Gasteiger partial charge in [-0.15, -0.1) is 0 Å². The maximum atomic E-state index is 11.9. The molecule has 8 heteroatoms. The number of aliphatic hydroxyl groups excluding tert-OH is 1. The molecule has 2 rings (SSSR count). The first kappa shape index (κ1) is 18.0. The van der Waals surface area contributed by atoms with Gasteiger partial charge in [-0.1, -0.05) is 41.4 Å². The monoisotopic (exact) mass is 374 g/mol. The van der Waals surface area contributed by atoms with E-state index in [9.17, 15) is 8.42 Å². The Hall–Kier alpha value is -1.31. The highest BCUT2D eigenvalue weighted by Crippen LogP contribution is 2.32. The molecule has 0 spiro atoms. The predicted octanol–water partition coefficient (Wildman–Crippen LogP) is 3.15. The summed E-state index contributed by atoms with van der Waals surface area (Å²) in [4.78, 5) is 0. The standard InChI is InChI=1S/C15H16Cl2N2O3S/c16-13-5-2-6-14(17)15(13)19-12-4-1-3-11(9-12)10-23(21,22)18-7-8-20/h1-6,9,18-20H,7-8,10H2. The lowest BCUT2D eigenvalue weighted by molar-refractivity contribution is 0.301. The molecule has 3 N–H and O–H groups in total. The molecule has 23 heavy (non-hydrogen) atoms. The number of benzene rings is 2. The zero-order valence-corrected chi connectivity index (χ0v) is 14.4. The second kappa shape index (κ2) is 7.99. The van der Waals surface area contributed by atoms with Crippen molar-refractivity contribution in [3.63, 3.8) is 0 Å². The van der Waals surface area contributed by atoms with Gasteiger partial charge in [0.15, 0.2) is 0 Å². The fourth-order valence-electron chi connectivity index (χ4n) is 1.97. The topological polar surface area (TPSA) is 78.4 Å². The summed E-state index contributed by atoms with van der Waals surface area (Å²) in [5.74, 6) is -0.182. The average Bonchev–Trinajstić information content (AvgIpc) is 2.49. The van der Waals surface area contributed by atoms with Crippen LogP contribution in [0.5, 0.6) is 0 Å². The highest BCUT2D eigenvalue weighted by atomic mass is 35.5. The zero-order valence-electron chi connectivity index (χ0n) is 12.1. The molecule has 0 unspecified atom stereocenters. The van der Waals surface area contributed by atoms with Crippen LogP contribution >= 0.6 is 23.2 Å². The van der Waals surface area contributed by atoms with Crippen molar-refractivity contribution in [2.24, 2.45) is 0 Å². The minimum atomic E-state index is -3.49. The van der Waals surface area contributed by atoms with Crippen molar-refractivity contribution in [1.29, 1.82) is 0 Å². The number of sulfonamides is 1. The first-order valence-corrected chi connectivity index (χ1v) is 9.20. The molecular weight excluding hydrogens is 359 g/mol.